The molecule has 5 nitrogen and oxygen atoms in total. The molecule has 0 saturated carbocycles. The summed E-state index contributed by atoms with van der Waals surface area (Å²) in [5, 5.41) is 15.2. The molecular weight excluding hydrogens is 262 g/mol. The highest BCUT2D eigenvalue weighted by molar-refractivity contribution is 7.09. The summed E-state index contributed by atoms with van der Waals surface area (Å²) in [6.07, 6.45) is 2.26. The number of pyridine rings is 1. The fraction of sp³-hybridized carbons (Fsp3) is 0.308. The molecule has 0 aliphatic carbocycles. The monoisotopic (exact) mass is 277 g/mol. The fourth-order valence-electron chi connectivity index (χ4n) is 1.61. The molecule has 2 aromatic heterocycles. The maximum atomic E-state index is 10.7. The Kier molecular flexibility index (Phi) is 4.59. The van der Waals surface area contributed by atoms with Gasteiger partial charge in [-0.15, -0.1) is 11.3 Å². The third kappa shape index (κ3) is 4.11. The second kappa shape index (κ2) is 6.40. The van der Waals surface area contributed by atoms with Crippen molar-refractivity contribution in [3.05, 3.63) is 45.7 Å². The van der Waals surface area contributed by atoms with E-state index in [-0.39, 0.29) is 5.56 Å². The molecule has 0 aliphatic heterocycles. The molecule has 0 bridgehead atoms. The minimum Gasteiger partial charge on any atom is -0.478 e. The number of hydrogen-bond acceptors (Lipinski definition) is 5. The molecule has 0 aromatic carbocycles. The number of nitrogens with zero attached hydrogens (tertiary/aromatic N) is 2. The Balaban J connectivity index is 1.75. The molecule has 0 fully saturated rings. The molecule has 2 aromatic rings. The lowest BCUT2D eigenvalue weighted by molar-refractivity contribution is 0.0696. The van der Waals surface area contributed by atoms with Crippen LogP contribution in [0, 0.1) is 6.92 Å². The van der Waals surface area contributed by atoms with Gasteiger partial charge in [-0.05, 0) is 19.1 Å². The number of aromatic carboxylic acids is 1. The van der Waals surface area contributed by atoms with E-state index in [1.54, 1.807) is 23.5 Å². The predicted molar refractivity (Wildman–Crippen MR) is 73.5 cm³/mol. The molecule has 0 unspecified atom stereocenters. The van der Waals surface area contributed by atoms with E-state index >= 15 is 0 Å². The molecule has 100 valence electrons. The van der Waals surface area contributed by atoms with E-state index in [4.69, 9.17) is 5.11 Å². The highest BCUT2D eigenvalue weighted by atomic mass is 32.1. The zero-order chi connectivity index (χ0) is 13.7. The molecule has 0 spiro atoms. The van der Waals surface area contributed by atoms with Gasteiger partial charge >= 0.3 is 5.97 Å². The Labute approximate surface area is 115 Å². The summed E-state index contributed by atoms with van der Waals surface area (Å²) in [4.78, 5) is 19.1. The van der Waals surface area contributed by atoms with Crippen LogP contribution in [0.25, 0.3) is 0 Å². The normalized spacial score (nSPS) is 10.6. The van der Waals surface area contributed by atoms with Crippen LogP contribution in [0.4, 0.5) is 0 Å². The van der Waals surface area contributed by atoms with Crippen molar-refractivity contribution in [3.8, 4) is 0 Å². The van der Waals surface area contributed by atoms with Gasteiger partial charge in [-0.2, -0.15) is 0 Å². The Hall–Kier alpha value is -1.79. The molecule has 0 amide bonds. The zero-order valence-electron chi connectivity index (χ0n) is 10.6. The van der Waals surface area contributed by atoms with Gasteiger partial charge in [-0.25, -0.2) is 9.78 Å². The Morgan fingerprint density at radius 2 is 2.26 bits per heavy atom. The molecule has 6 heteroatoms. The summed E-state index contributed by atoms with van der Waals surface area (Å²) >= 11 is 1.66. The number of carbonyl (C=O) groups is 1. The molecule has 0 saturated heterocycles. The maximum absolute atomic E-state index is 10.7. The topological polar surface area (TPSA) is 75.1 Å². The van der Waals surface area contributed by atoms with Crippen molar-refractivity contribution < 1.29 is 9.90 Å². The van der Waals surface area contributed by atoms with Crippen molar-refractivity contribution in [3.63, 3.8) is 0 Å². The van der Waals surface area contributed by atoms with E-state index in [9.17, 15) is 4.79 Å². The van der Waals surface area contributed by atoms with E-state index < -0.39 is 5.97 Å². The smallest absolute Gasteiger partial charge is 0.337 e. The van der Waals surface area contributed by atoms with Crippen LogP contribution in [0.3, 0.4) is 0 Å². The molecule has 19 heavy (non-hydrogen) atoms. The average Bonchev–Trinajstić information content (AvgIpc) is 2.81. The van der Waals surface area contributed by atoms with Gasteiger partial charge in [0.1, 0.15) is 0 Å². The number of thiazole rings is 1. The van der Waals surface area contributed by atoms with Crippen molar-refractivity contribution in [2.45, 2.75) is 19.9 Å². The summed E-state index contributed by atoms with van der Waals surface area (Å²) < 4.78 is 0. The minimum absolute atomic E-state index is 0.210. The first-order valence-corrected chi connectivity index (χ1v) is 6.83. The predicted octanol–water partition coefficient (Wildman–Crippen LogP) is 1.88. The number of aromatic nitrogens is 2. The van der Waals surface area contributed by atoms with Crippen molar-refractivity contribution >= 4 is 17.3 Å². The maximum Gasteiger partial charge on any atom is 0.337 e. The lowest BCUT2D eigenvalue weighted by Crippen LogP contribution is -2.17. The quantitative estimate of drug-likeness (QED) is 0.788. The van der Waals surface area contributed by atoms with E-state index in [1.165, 1.54) is 6.20 Å². The van der Waals surface area contributed by atoms with Crippen LogP contribution in [0.15, 0.2) is 23.7 Å². The second-order valence-corrected chi connectivity index (χ2v) is 5.19. The summed E-state index contributed by atoms with van der Waals surface area (Å²) in [5.74, 6) is -0.953. The van der Waals surface area contributed by atoms with Gasteiger partial charge in [0.05, 0.1) is 22.0 Å². The standard InChI is InChI=1S/C13H15N3O2S/c1-9-16-12(8-19-9)4-5-14-7-11-3-2-10(6-15-11)13(17)18/h2-3,6,8,14H,4-5,7H2,1H3,(H,17,18). The first-order valence-electron chi connectivity index (χ1n) is 5.95. The largest absolute Gasteiger partial charge is 0.478 e. The van der Waals surface area contributed by atoms with Gasteiger partial charge in [-0.1, -0.05) is 0 Å². The second-order valence-electron chi connectivity index (χ2n) is 4.13. The molecule has 0 aliphatic rings. The first kappa shape index (κ1) is 13.6. The highest BCUT2D eigenvalue weighted by Crippen LogP contribution is 2.07. The van der Waals surface area contributed by atoms with Gasteiger partial charge in [0.2, 0.25) is 0 Å². The lowest BCUT2D eigenvalue weighted by atomic mass is 10.2. The summed E-state index contributed by atoms with van der Waals surface area (Å²) in [7, 11) is 0. The van der Waals surface area contributed by atoms with Crippen LogP contribution >= 0.6 is 11.3 Å². The van der Waals surface area contributed by atoms with Crippen LogP contribution in [0.2, 0.25) is 0 Å². The van der Waals surface area contributed by atoms with Gasteiger partial charge < -0.3 is 10.4 Å². The van der Waals surface area contributed by atoms with E-state index in [1.807, 2.05) is 6.92 Å². The van der Waals surface area contributed by atoms with Crippen LogP contribution in [0.5, 0.6) is 0 Å². The van der Waals surface area contributed by atoms with Gasteiger partial charge in [0.25, 0.3) is 0 Å². The molecule has 0 atom stereocenters. The van der Waals surface area contributed by atoms with Crippen molar-refractivity contribution in [2.75, 3.05) is 6.54 Å². The number of carboxylic acid groups (broad SMARTS) is 1. The van der Waals surface area contributed by atoms with Gasteiger partial charge in [-0.3, -0.25) is 4.98 Å². The van der Waals surface area contributed by atoms with Crippen LogP contribution in [-0.2, 0) is 13.0 Å². The summed E-state index contributed by atoms with van der Waals surface area (Å²) in [6.45, 7) is 3.45. The SMILES string of the molecule is Cc1nc(CCNCc2ccc(C(=O)O)cn2)cs1. The van der Waals surface area contributed by atoms with Gasteiger partial charge in [0.15, 0.2) is 0 Å². The molecule has 0 radical (unpaired) electrons. The van der Waals surface area contributed by atoms with Crippen LogP contribution in [0.1, 0.15) is 26.8 Å². The number of aryl methyl sites for hydroxylation is 1. The summed E-state index contributed by atoms with van der Waals surface area (Å²) in [6, 6.07) is 3.29. The fourth-order valence-corrected chi connectivity index (χ4v) is 2.26. The van der Waals surface area contributed by atoms with Crippen molar-refractivity contribution in [1.29, 1.82) is 0 Å². The number of carboxylic acids is 1. The number of hydrogen-bond donors (Lipinski definition) is 2. The number of nitrogens with one attached hydrogen (secondary N) is 1. The van der Waals surface area contributed by atoms with Crippen molar-refractivity contribution in [2.24, 2.45) is 0 Å². The molecule has 2 N–H and O–H groups in total. The van der Waals surface area contributed by atoms with Crippen LogP contribution in [-0.4, -0.2) is 27.6 Å². The highest BCUT2D eigenvalue weighted by Gasteiger charge is 2.03. The molecule has 2 rings (SSSR count). The van der Waals surface area contributed by atoms with Crippen molar-refractivity contribution in [1.82, 2.24) is 15.3 Å². The first-order chi connectivity index (χ1) is 9.15. The van der Waals surface area contributed by atoms with Crippen LogP contribution < -0.4 is 5.32 Å². The Morgan fingerprint density at radius 3 is 2.84 bits per heavy atom. The summed E-state index contributed by atoms with van der Waals surface area (Å²) in [5.41, 5.74) is 2.14. The van der Waals surface area contributed by atoms with E-state index in [0.717, 1.165) is 29.4 Å². The van der Waals surface area contributed by atoms with Gasteiger partial charge in [0, 0.05) is 31.1 Å². The Morgan fingerprint density at radius 1 is 1.42 bits per heavy atom. The molecular formula is C13H15N3O2S. The Bertz CT molecular complexity index is 551. The van der Waals surface area contributed by atoms with E-state index in [0.29, 0.717) is 6.54 Å². The molecule has 2 heterocycles. The third-order valence-electron chi connectivity index (χ3n) is 2.60. The average molecular weight is 277 g/mol. The third-order valence-corrected chi connectivity index (χ3v) is 3.42. The minimum atomic E-state index is -0.953. The van der Waals surface area contributed by atoms with E-state index in [2.05, 4.69) is 20.7 Å². The lowest BCUT2D eigenvalue weighted by Gasteiger charge is -2.03. The zero-order valence-corrected chi connectivity index (χ0v) is 11.4. The number of rotatable bonds is 6.